The predicted molar refractivity (Wildman–Crippen MR) is 86.0 cm³/mol. The zero-order valence-corrected chi connectivity index (χ0v) is 13.1. The minimum atomic E-state index is 0.280. The average Bonchev–Trinajstić information content (AvgIpc) is 3.05. The Labute approximate surface area is 129 Å². The number of benzene rings is 1. The fourth-order valence-corrected chi connectivity index (χ4v) is 2.99. The molecule has 0 fully saturated rings. The van der Waals surface area contributed by atoms with Crippen molar-refractivity contribution in [2.75, 3.05) is 5.88 Å². The van der Waals surface area contributed by atoms with Crippen LogP contribution in [0.4, 0.5) is 0 Å². The van der Waals surface area contributed by atoms with Crippen molar-refractivity contribution in [2.45, 2.75) is 32.7 Å². The Hall–Kier alpha value is -1.74. The lowest BCUT2D eigenvalue weighted by atomic mass is 10.1. The maximum Gasteiger partial charge on any atom is 0.111 e. The van der Waals surface area contributed by atoms with E-state index in [1.54, 1.807) is 6.26 Å². The second-order valence-electron chi connectivity index (χ2n) is 5.46. The summed E-state index contributed by atoms with van der Waals surface area (Å²) in [6, 6.07) is 10.6. The van der Waals surface area contributed by atoms with Crippen LogP contribution in [0.15, 0.2) is 41.0 Å². The van der Waals surface area contributed by atoms with Crippen LogP contribution < -0.4 is 0 Å². The van der Waals surface area contributed by atoms with Gasteiger partial charge in [-0.1, -0.05) is 6.07 Å². The molecule has 0 aliphatic rings. The van der Waals surface area contributed by atoms with Gasteiger partial charge in [0.1, 0.15) is 11.6 Å². The highest BCUT2D eigenvalue weighted by Gasteiger charge is 2.16. The SMILES string of the molecule is Cc1ccc2c(c1)nc(CCCl)n2C(C)Cc1ccco1. The number of aromatic nitrogens is 2. The third-order valence-corrected chi connectivity index (χ3v) is 3.94. The first-order valence-corrected chi connectivity index (χ1v) is 7.78. The average molecular weight is 303 g/mol. The van der Waals surface area contributed by atoms with Gasteiger partial charge in [-0.3, -0.25) is 0 Å². The lowest BCUT2D eigenvalue weighted by Gasteiger charge is -2.16. The van der Waals surface area contributed by atoms with Gasteiger partial charge in [-0.25, -0.2) is 4.98 Å². The van der Waals surface area contributed by atoms with Gasteiger partial charge in [0.05, 0.1) is 17.3 Å². The van der Waals surface area contributed by atoms with Gasteiger partial charge in [-0.15, -0.1) is 11.6 Å². The van der Waals surface area contributed by atoms with E-state index in [4.69, 9.17) is 21.0 Å². The summed E-state index contributed by atoms with van der Waals surface area (Å²) in [5.41, 5.74) is 3.43. The molecular formula is C17H19ClN2O. The zero-order valence-electron chi connectivity index (χ0n) is 12.3. The van der Waals surface area contributed by atoms with Crippen LogP contribution in [0.25, 0.3) is 11.0 Å². The quantitative estimate of drug-likeness (QED) is 0.649. The molecule has 1 unspecified atom stereocenters. The van der Waals surface area contributed by atoms with Gasteiger partial charge < -0.3 is 8.98 Å². The van der Waals surface area contributed by atoms with Crippen molar-refractivity contribution in [2.24, 2.45) is 0 Å². The molecule has 0 bridgehead atoms. The van der Waals surface area contributed by atoms with E-state index in [0.717, 1.165) is 29.9 Å². The summed E-state index contributed by atoms with van der Waals surface area (Å²) >= 11 is 5.94. The molecule has 0 saturated carbocycles. The fourth-order valence-electron chi connectivity index (χ4n) is 2.82. The summed E-state index contributed by atoms with van der Waals surface area (Å²) in [6.07, 6.45) is 3.34. The molecule has 3 rings (SSSR count). The number of furan rings is 1. The molecule has 1 aromatic carbocycles. The molecule has 0 radical (unpaired) electrons. The Balaban J connectivity index is 2.03. The van der Waals surface area contributed by atoms with Crippen molar-refractivity contribution in [1.29, 1.82) is 0 Å². The lowest BCUT2D eigenvalue weighted by Crippen LogP contribution is -2.12. The van der Waals surface area contributed by atoms with Gasteiger partial charge >= 0.3 is 0 Å². The number of nitrogens with zero attached hydrogens (tertiary/aromatic N) is 2. The predicted octanol–water partition coefficient (Wildman–Crippen LogP) is 4.52. The lowest BCUT2D eigenvalue weighted by molar-refractivity contribution is 0.447. The van der Waals surface area contributed by atoms with Gasteiger partial charge in [0.2, 0.25) is 0 Å². The third kappa shape index (κ3) is 2.84. The molecule has 1 atom stereocenters. The number of fused-ring (bicyclic) bond motifs is 1. The first-order chi connectivity index (χ1) is 10.2. The van der Waals surface area contributed by atoms with Crippen LogP contribution in [-0.4, -0.2) is 15.4 Å². The Morgan fingerprint density at radius 3 is 2.90 bits per heavy atom. The maximum absolute atomic E-state index is 5.94. The summed E-state index contributed by atoms with van der Waals surface area (Å²) in [7, 11) is 0. The highest BCUT2D eigenvalue weighted by atomic mass is 35.5. The number of imidazole rings is 1. The Bertz CT molecular complexity index is 731. The highest BCUT2D eigenvalue weighted by Crippen LogP contribution is 2.25. The number of rotatable bonds is 5. The highest BCUT2D eigenvalue weighted by molar-refractivity contribution is 6.17. The number of alkyl halides is 1. The number of hydrogen-bond donors (Lipinski definition) is 0. The monoisotopic (exact) mass is 302 g/mol. The van der Waals surface area contributed by atoms with Crippen LogP contribution >= 0.6 is 11.6 Å². The van der Waals surface area contributed by atoms with Crippen molar-refractivity contribution in [3.63, 3.8) is 0 Å². The van der Waals surface area contributed by atoms with Crippen molar-refractivity contribution in [3.05, 3.63) is 53.7 Å². The van der Waals surface area contributed by atoms with Gasteiger partial charge in [-0.05, 0) is 43.7 Å². The molecule has 0 aliphatic heterocycles. The van der Waals surface area contributed by atoms with Gasteiger partial charge in [0.25, 0.3) is 0 Å². The van der Waals surface area contributed by atoms with E-state index in [1.807, 2.05) is 12.1 Å². The molecule has 0 amide bonds. The molecule has 110 valence electrons. The Morgan fingerprint density at radius 2 is 2.19 bits per heavy atom. The van der Waals surface area contributed by atoms with Crippen LogP contribution in [0.5, 0.6) is 0 Å². The Morgan fingerprint density at radius 1 is 1.33 bits per heavy atom. The summed E-state index contributed by atoms with van der Waals surface area (Å²) in [5, 5.41) is 0. The largest absolute Gasteiger partial charge is 0.469 e. The summed E-state index contributed by atoms with van der Waals surface area (Å²) in [5.74, 6) is 2.62. The number of halogens is 1. The van der Waals surface area contributed by atoms with Crippen LogP contribution in [0.1, 0.15) is 30.1 Å². The van der Waals surface area contributed by atoms with Crippen LogP contribution in [0.2, 0.25) is 0 Å². The molecule has 0 spiro atoms. The van der Waals surface area contributed by atoms with E-state index in [0.29, 0.717) is 5.88 Å². The number of aryl methyl sites for hydroxylation is 2. The van der Waals surface area contributed by atoms with Crippen LogP contribution in [-0.2, 0) is 12.8 Å². The molecule has 4 heteroatoms. The van der Waals surface area contributed by atoms with Crippen LogP contribution in [0.3, 0.4) is 0 Å². The van der Waals surface area contributed by atoms with E-state index in [-0.39, 0.29) is 6.04 Å². The summed E-state index contributed by atoms with van der Waals surface area (Å²) in [4.78, 5) is 4.76. The first kappa shape index (κ1) is 14.2. The minimum absolute atomic E-state index is 0.280. The molecule has 3 aromatic rings. The van der Waals surface area contributed by atoms with Gasteiger partial charge in [0, 0.05) is 24.8 Å². The van der Waals surface area contributed by atoms with E-state index in [2.05, 4.69) is 36.6 Å². The topological polar surface area (TPSA) is 31.0 Å². The molecule has 2 aromatic heterocycles. The molecule has 2 heterocycles. The molecule has 21 heavy (non-hydrogen) atoms. The third-order valence-electron chi connectivity index (χ3n) is 3.75. The van der Waals surface area contributed by atoms with E-state index in [9.17, 15) is 0 Å². The van der Waals surface area contributed by atoms with Crippen molar-refractivity contribution < 1.29 is 4.42 Å². The second kappa shape index (κ2) is 5.94. The smallest absolute Gasteiger partial charge is 0.111 e. The van der Waals surface area contributed by atoms with E-state index in [1.165, 1.54) is 11.1 Å². The second-order valence-corrected chi connectivity index (χ2v) is 5.84. The molecule has 3 nitrogen and oxygen atoms in total. The van der Waals surface area contributed by atoms with Crippen molar-refractivity contribution in [3.8, 4) is 0 Å². The molecule has 0 saturated heterocycles. The van der Waals surface area contributed by atoms with Crippen molar-refractivity contribution >= 4 is 22.6 Å². The van der Waals surface area contributed by atoms with E-state index < -0.39 is 0 Å². The van der Waals surface area contributed by atoms with E-state index >= 15 is 0 Å². The summed E-state index contributed by atoms with van der Waals surface area (Å²) in [6.45, 7) is 4.28. The molecular weight excluding hydrogens is 284 g/mol. The molecule has 0 aliphatic carbocycles. The van der Waals surface area contributed by atoms with Crippen LogP contribution in [0, 0.1) is 6.92 Å². The zero-order chi connectivity index (χ0) is 14.8. The normalized spacial score (nSPS) is 12.9. The number of hydrogen-bond acceptors (Lipinski definition) is 2. The Kier molecular flexibility index (Phi) is 4.02. The van der Waals surface area contributed by atoms with Gasteiger partial charge in [-0.2, -0.15) is 0 Å². The minimum Gasteiger partial charge on any atom is -0.469 e. The summed E-state index contributed by atoms with van der Waals surface area (Å²) < 4.78 is 7.76. The fraction of sp³-hybridized carbons (Fsp3) is 0.353. The first-order valence-electron chi connectivity index (χ1n) is 7.25. The van der Waals surface area contributed by atoms with Crippen molar-refractivity contribution in [1.82, 2.24) is 9.55 Å². The standard InChI is InChI=1S/C17H19ClN2O/c1-12-5-6-16-15(10-12)19-17(7-8-18)20(16)13(2)11-14-4-3-9-21-14/h3-6,9-10,13H,7-8,11H2,1-2H3. The molecule has 0 N–H and O–H groups in total. The maximum atomic E-state index is 5.94. The van der Waals surface area contributed by atoms with Gasteiger partial charge in [0.15, 0.2) is 0 Å².